The molecule has 30 heavy (non-hydrogen) atoms. The van der Waals surface area contributed by atoms with Crippen LogP contribution in [0.5, 0.6) is 5.75 Å². The fourth-order valence-corrected chi connectivity index (χ4v) is 4.43. The van der Waals surface area contributed by atoms with Gasteiger partial charge < -0.3 is 15.0 Å². The van der Waals surface area contributed by atoms with Gasteiger partial charge in [-0.25, -0.2) is 17.5 Å². The van der Waals surface area contributed by atoms with E-state index in [0.29, 0.717) is 13.1 Å². The highest BCUT2D eigenvalue weighted by Gasteiger charge is 2.25. The topological polar surface area (TPSA) is 86.3 Å². The Morgan fingerprint density at radius 2 is 1.90 bits per heavy atom. The maximum atomic E-state index is 13.9. The summed E-state index contributed by atoms with van der Waals surface area (Å²) in [6.45, 7) is 7.92. The number of guanidine groups is 1. The number of piperazine rings is 1. The van der Waals surface area contributed by atoms with E-state index in [0.717, 1.165) is 44.0 Å². The number of halogens is 2. The number of rotatable bonds is 7. The van der Waals surface area contributed by atoms with Crippen LogP contribution in [0.25, 0.3) is 0 Å². The van der Waals surface area contributed by atoms with Crippen molar-refractivity contribution in [1.29, 1.82) is 0 Å². The Morgan fingerprint density at radius 1 is 1.27 bits per heavy atom. The molecule has 1 aromatic rings. The van der Waals surface area contributed by atoms with Gasteiger partial charge >= 0.3 is 0 Å². The molecular formula is C19H33FIN5O3S. The molecule has 1 aliphatic rings. The second-order valence-electron chi connectivity index (χ2n) is 7.89. The summed E-state index contributed by atoms with van der Waals surface area (Å²) in [4.78, 5) is 8.73. The lowest BCUT2D eigenvalue weighted by atomic mass is 10.1. The van der Waals surface area contributed by atoms with Crippen LogP contribution in [0.3, 0.4) is 0 Å². The number of nitrogens with zero attached hydrogens (tertiary/aromatic N) is 3. The van der Waals surface area contributed by atoms with Crippen LogP contribution in [-0.4, -0.2) is 82.9 Å². The van der Waals surface area contributed by atoms with Crippen LogP contribution in [0, 0.1) is 5.82 Å². The molecular weight excluding hydrogens is 524 g/mol. The van der Waals surface area contributed by atoms with Crippen molar-refractivity contribution in [3.63, 3.8) is 0 Å². The zero-order chi connectivity index (χ0) is 21.7. The first kappa shape index (κ1) is 26.9. The average Bonchev–Trinajstić information content (AvgIpc) is 2.61. The SMILES string of the molecule is CN=C(NCC(C)(C)NS(C)(=O)=O)N1CCN(Cc2ccc(OC)c(F)c2)CC1.I. The van der Waals surface area contributed by atoms with Crippen LogP contribution < -0.4 is 14.8 Å². The molecule has 1 saturated heterocycles. The lowest BCUT2D eigenvalue weighted by Gasteiger charge is -2.37. The largest absolute Gasteiger partial charge is 0.494 e. The highest BCUT2D eigenvalue weighted by molar-refractivity contribution is 14.0. The van der Waals surface area contributed by atoms with Crippen LogP contribution in [0.4, 0.5) is 4.39 Å². The normalized spacial score (nSPS) is 16.2. The minimum atomic E-state index is -3.29. The number of aliphatic imine (C=N–C) groups is 1. The molecule has 0 aromatic heterocycles. The van der Waals surface area contributed by atoms with Crippen molar-refractivity contribution in [2.24, 2.45) is 4.99 Å². The van der Waals surface area contributed by atoms with Gasteiger partial charge in [0.25, 0.3) is 0 Å². The summed E-state index contributed by atoms with van der Waals surface area (Å²) in [7, 11) is -0.122. The summed E-state index contributed by atoms with van der Waals surface area (Å²) in [6.07, 6.45) is 1.15. The second-order valence-corrected chi connectivity index (χ2v) is 9.64. The minimum absolute atomic E-state index is 0. The Kier molecular flexibility index (Phi) is 10.2. The third kappa shape index (κ3) is 8.52. The molecule has 0 unspecified atom stereocenters. The minimum Gasteiger partial charge on any atom is -0.494 e. The maximum absolute atomic E-state index is 13.9. The van der Waals surface area contributed by atoms with Gasteiger partial charge in [0, 0.05) is 51.9 Å². The average molecular weight is 557 g/mol. The zero-order valence-corrected chi connectivity index (χ0v) is 21.4. The maximum Gasteiger partial charge on any atom is 0.209 e. The number of benzene rings is 1. The van der Waals surface area contributed by atoms with Gasteiger partial charge in [-0.15, -0.1) is 24.0 Å². The molecule has 0 saturated carbocycles. The Bertz CT molecular complexity index is 827. The van der Waals surface area contributed by atoms with E-state index in [-0.39, 0.29) is 35.5 Å². The predicted molar refractivity (Wildman–Crippen MR) is 129 cm³/mol. The molecule has 0 radical (unpaired) electrons. The monoisotopic (exact) mass is 557 g/mol. The van der Waals surface area contributed by atoms with E-state index in [9.17, 15) is 12.8 Å². The van der Waals surface area contributed by atoms with E-state index in [1.807, 2.05) is 19.9 Å². The summed E-state index contributed by atoms with van der Waals surface area (Å²) in [6, 6.07) is 5.05. The molecule has 0 aliphatic carbocycles. The number of hydrogen-bond donors (Lipinski definition) is 2. The number of sulfonamides is 1. The van der Waals surface area contributed by atoms with Gasteiger partial charge in [-0.2, -0.15) is 0 Å². The lowest BCUT2D eigenvalue weighted by molar-refractivity contribution is 0.172. The van der Waals surface area contributed by atoms with Crippen LogP contribution >= 0.6 is 24.0 Å². The molecule has 1 fully saturated rings. The summed E-state index contributed by atoms with van der Waals surface area (Å²) in [5, 5.41) is 3.25. The van der Waals surface area contributed by atoms with Gasteiger partial charge in [0.2, 0.25) is 10.0 Å². The molecule has 1 aromatic carbocycles. The Hall–Kier alpha value is -1.18. The number of methoxy groups -OCH3 is 1. The molecule has 1 heterocycles. The van der Waals surface area contributed by atoms with Crippen molar-refractivity contribution in [1.82, 2.24) is 19.8 Å². The van der Waals surface area contributed by atoms with E-state index in [1.165, 1.54) is 13.2 Å². The van der Waals surface area contributed by atoms with E-state index in [4.69, 9.17) is 4.74 Å². The Balaban J connectivity index is 0.00000450. The van der Waals surface area contributed by atoms with Crippen molar-refractivity contribution < 1.29 is 17.5 Å². The predicted octanol–water partition coefficient (Wildman–Crippen LogP) is 1.47. The van der Waals surface area contributed by atoms with E-state index < -0.39 is 15.6 Å². The molecule has 11 heteroatoms. The third-order valence-electron chi connectivity index (χ3n) is 4.66. The number of ether oxygens (including phenoxy) is 1. The van der Waals surface area contributed by atoms with Gasteiger partial charge in [-0.3, -0.25) is 9.89 Å². The number of nitrogens with one attached hydrogen (secondary N) is 2. The first-order valence-electron chi connectivity index (χ1n) is 9.52. The molecule has 1 aliphatic heterocycles. The standard InChI is InChI=1S/C19H32FN5O3S.HI/c1-19(2,23-29(5,26)27)14-22-18(21-3)25-10-8-24(9-11-25)13-15-6-7-17(28-4)16(20)12-15;/h6-7,12,23H,8-11,13-14H2,1-5H3,(H,21,22);1H. The molecule has 0 amide bonds. The number of hydrogen-bond acceptors (Lipinski definition) is 5. The first-order valence-corrected chi connectivity index (χ1v) is 11.4. The molecule has 8 nitrogen and oxygen atoms in total. The smallest absolute Gasteiger partial charge is 0.209 e. The summed E-state index contributed by atoms with van der Waals surface area (Å²) in [5.41, 5.74) is 0.275. The van der Waals surface area contributed by atoms with Crippen LogP contribution in [0.2, 0.25) is 0 Å². The van der Waals surface area contributed by atoms with E-state index in [1.54, 1.807) is 13.1 Å². The van der Waals surface area contributed by atoms with Crippen molar-refractivity contribution in [3.05, 3.63) is 29.6 Å². The second kappa shape index (κ2) is 11.4. The van der Waals surface area contributed by atoms with E-state index >= 15 is 0 Å². The summed E-state index contributed by atoms with van der Waals surface area (Å²) in [5.74, 6) is 0.642. The molecule has 0 atom stereocenters. The Morgan fingerprint density at radius 3 is 2.40 bits per heavy atom. The molecule has 0 bridgehead atoms. The van der Waals surface area contributed by atoms with Crippen molar-refractivity contribution in [2.75, 3.05) is 53.1 Å². The van der Waals surface area contributed by atoms with Gasteiger partial charge in [-0.1, -0.05) is 6.07 Å². The van der Waals surface area contributed by atoms with Crippen molar-refractivity contribution in [3.8, 4) is 5.75 Å². The molecule has 2 rings (SSSR count). The molecule has 0 spiro atoms. The van der Waals surface area contributed by atoms with Crippen molar-refractivity contribution >= 4 is 40.0 Å². The highest BCUT2D eigenvalue weighted by Crippen LogP contribution is 2.19. The first-order chi connectivity index (χ1) is 13.5. The fourth-order valence-electron chi connectivity index (χ4n) is 3.35. The molecule has 2 N–H and O–H groups in total. The van der Waals surface area contributed by atoms with Crippen LogP contribution in [0.1, 0.15) is 19.4 Å². The van der Waals surface area contributed by atoms with Gasteiger partial charge in [0.05, 0.1) is 13.4 Å². The Labute approximate surface area is 196 Å². The quantitative estimate of drug-likeness (QED) is 0.300. The zero-order valence-electron chi connectivity index (χ0n) is 18.2. The highest BCUT2D eigenvalue weighted by atomic mass is 127. The lowest BCUT2D eigenvalue weighted by Crippen LogP contribution is -2.56. The van der Waals surface area contributed by atoms with Crippen LogP contribution in [-0.2, 0) is 16.6 Å². The van der Waals surface area contributed by atoms with Gasteiger partial charge in [0.15, 0.2) is 17.5 Å². The van der Waals surface area contributed by atoms with Crippen LogP contribution in [0.15, 0.2) is 23.2 Å². The summed E-state index contributed by atoms with van der Waals surface area (Å²) >= 11 is 0. The van der Waals surface area contributed by atoms with Gasteiger partial charge in [0.1, 0.15) is 0 Å². The third-order valence-corrected chi connectivity index (χ3v) is 5.58. The van der Waals surface area contributed by atoms with Gasteiger partial charge in [-0.05, 0) is 31.5 Å². The summed E-state index contributed by atoms with van der Waals surface area (Å²) < 4.78 is 44.4. The van der Waals surface area contributed by atoms with Crippen molar-refractivity contribution in [2.45, 2.75) is 25.9 Å². The van der Waals surface area contributed by atoms with E-state index in [2.05, 4.69) is 24.8 Å². The fraction of sp³-hybridized carbons (Fsp3) is 0.632. The molecule has 172 valence electrons.